The summed E-state index contributed by atoms with van der Waals surface area (Å²) >= 11 is 0. The number of aryl methyl sites for hydroxylation is 1. The van der Waals surface area contributed by atoms with Crippen LogP contribution in [-0.4, -0.2) is 30.6 Å². The summed E-state index contributed by atoms with van der Waals surface area (Å²) < 4.78 is 0. The van der Waals surface area contributed by atoms with E-state index in [2.05, 4.69) is 48.0 Å². The maximum absolute atomic E-state index is 4.59. The Hall–Kier alpha value is -1.32. The molecule has 0 amide bonds. The van der Waals surface area contributed by atoms with Crippen LogP contribution in [0, 0.1) is 6.92 Å². The van der Waals surface area contributed by atoms with Gasteiger partial charge in [0.15, 0.2) is 0 Å². The lowest BCUT2D eigenvalue weighted by Gasteiger charge is -2.21. The van der Waals surface area contributed by atoms with Crippen LogP contribution >= 0.6 is 0 Å². The highest BCUT2D eigenvalue weighted by atomic mass is 15.2. The molecular weight excluding hydrogens is 200 g/mol. The largest absolute Gasteiger partial charge is 0.373 e. The molecular formula is C12H22N4. The third-order valence-electron chi connectivity index (χ3n) is 2.64. The summed E-state index contributed by atoms with van der Waals surface area (Å²) in [6.45, 7) is 7.33. The monoisotopic (exact) mass is 222 g/mol. The molecule has 90 valence electrons. The van der Waals surface area contributed by atoms with E-state index in [9.17, 15) is 0 Å². The lowest BCUT2D eigenvalue weighted by atomic mass is 10.2. The molecule has 0 bridgehead atoms. The summed E-state index contributed by atoms with van der Waals surface area (Å²) in [7, 11) is 3.98. The summed E-state index contributed by atoms with van der Waals surface area (Å²) in [5, 5.41) is 3.13. The van der Waals surface area contributed by atoms with Crippen molar-refractivity contribution in [1.82, 2.24) is 9.97 Å². The Balaban J connectivity index is 3.15. The predicted octanol–water partition coefficient (Wildman–Crippen LogP) is 2.24. The predicted molar refractivity (Wildman–Crippen MR) is 69.3 cm³/mol. The van der Waals surface area contributed by atoms with Crippen molar-refractivity contribution in [2.45, 2.75) is 33.6 Å². The quantitative estimate of drug-likeness (QED) is 0.829. The van der Waals surface area contributed by atoms with E-state index < -0.39 is 0 Å². The fourth-order valence-corrected chi connectivity index (χ4v) is 1.76. The summed E-state index contributed by atoms with van der Waals surface area (Å²) in [4.78, 5) is 11.2. The first-order valence-electron chi connectivity index (χ1n) is 5.90. The molecule has 1 N–H and O–H groups in total. The summed E-state index contributed by atoms with van der Waals surface area (Å²) in [5.74, 6) is 2.87. The zero-order chi connectivity index (χ0) is 12.1. The van der Waals surface area contributed by atoms with Crippen LogP contribution in [-0.2, 0) is 6.42 Å². The minimum atomic E-state index is 0.863. The van der Waals surface area contributed by atoms with E-state index in [1.807, 2.05) is 7.05 Å². The molecule has 0 radical (unpaired) electrons. The smallest absolute Gasteiger partial charge is 0.137 e. The van der Waals surface area contributed by atoms with Gasteiger partial charge in [-0.05, 0) is 13.3 Å². The SMILES string of the molecule is CCCN(C)c1nc(CC)nc(NC)c1C. The molecule has 0 aliphatic carbocycles. The Labute approximate surface area is 98.1 Å². The Morgan fingerprint density at radius 2 is 1.94 bits per heavy atom. The fraction of sp³-hybridized carbons (Fsp3) is 0.667. The number of nitrogens with one attached hydrogen (secondary N) is 1. The van der Waals surface area contributed by atoms with Crippen molar-refractivity contribution in [2.75, 3.05) is 30.9 Å². The van der Waals surface area contributed by atoms with Gasteiger partial charge in [0.1, 0.15) is 17.5 Å². The highest BCUT2D eigenvalue weighted by Gasteiger charge is 2.12. The van der Waals surface area contributed by atoms with Crippen molar-refractivity contribution in [2.24, 2.45) is 0 Å². The standard InChI is InChI=1S/C12H22N4/c1-6-8-16(5)12-9(3)11(13-4)14-10(7-2)15-12/h6-8H2,1-5H3,(H,13,14,15). The van der Waals surface area contributed by atoms with Gasteiger partial charge in [-0.15, -0.1) is 0 Å². The molecule has 0 aliphatic rings. The summed E-state index contributed by atoms with van der Waals surface area (Å²) in [6, 6.07) is 0. The number of rotatable bonds is 5. The number of hydrogen-bond acceptors (Lipinski definition) is 4. The molecule has 0 fully saturated rings. The lowest BCUT2D eigenvalue weighted by molar-refractivity contribution is 0.815. The van der Waals surface area contributed by atoms with Crippen LogP contribution < -0.4 is 10.2 Å². The van der Waals surface area contributed by atoms with Crippen LogP contribution in [0.3, 0.4) is 0 Å². The van der Waals surface area contributed by atoms with Gasteiger partial charge in [0, 0.05) is 32.6 Å². The first-order valence-corrected chi connectivity index (χ1v) is 5.90. The van der Waals surface area contributed by atoms with E-state index >= 15 is 0 Å². The van der Waals surface area contributed by atoms with Gasteiger partial charge in [0.2, 0.25) is 0 Å². The number of hydrogen-bond donors (Lipinski definition) is 1. The van der Waals surface area contributed by atoms with E-state index in [0.717, 1.165) is 42.4 Å². The van der Waals surface area contributed by atoms with Gasteiger partial charge in [-0.1, -0.05) is 13.8 Å². The molecule has 0 saturated carbocycles. The normalized spacial score (nSPS) is 10.3. The molecule has 1 rings (SSSR count). The van der Waals surface area contributed by atoms with E-state index in [4.69, 9.17) is 0 Å². The second-order valence-electron chi connectivity index (χ2n) is 3.96. The van der Waals surface area contributed by atoms with E-state index in [-0.39, 0.29) is 0 Å². The van der Waals surface area contributed by atoms with E-state index in [1.165, 1.54) is 0 Å². The average Bonchev–Trinajstić information content (AvgIpc) is 2.29. The molecule has 0 atom stereocenters. The van der Waals surface area contributed by atoms with Crippen LogP contribution in [0.25, 0.3) is 0 Å². The Kier molecular flexibility index (Phi) is 4.52. The van der Waals surface area contributed by atoms with Crippen molar-refractivity contribution in [3.8, 4) is 0 Å². The van der Waals surface area contributed by atoms with Crippen molar-refractivity contribution in [1.29, 1.82) is 0 Å². The first-order chi connectivity index (χ1) is 7.63. The molecule has 4 heteroatoms. The molecule has 1 aromatic rings. The first kappa shape index (κ1) is 12.7. The van der Waals surface area contributed by atoms with Crippen molar-refractivity contribution >= 4 is 11.6 Å². The fourth-order valence-electron chi connectivity index (χ4n) is 1.76. The molecule has 0 spiro atoms. The van der Waals surface area contributed by atoms with Crippen molar-refractivity contribution < 1.29 is 0 Å². The van der Waals surface area contributed by atoms with Crippen molar-refractivity contribution in [3.05, 3.63) is 11.4 Å². The molecule has 16 heavy (non-hydrogen) atoms. The second kappa shape index (κ2) is 5.68. The Morgan fingerprint density at radius 1 is 1.25 bits per heavy atom. The molecule has 4 nitrogen and oxygen atoms in total. The highest BCUT2D eigenvalue weighted by molar-refractivity contribution is 5.58. The van der Waals surface area contributed by atoms with Gasteiger partial charge in [-0.3, -0.25) is 0 Å². The molecule has 0 unspecified atom stereocenters. The topological polar surface area (TPSA) is 41.1 Å². The van der Waals surface area contributed by atoms with Gasteiger partial charge in [-0.2, -0.15) is 0 Å². The molecule has 1 heterocycles. The molecule has 0 aromatic carbocycles. The minimum Gasteiger partial charge on any atom is -0.373 e. The van der Waals surface area contributed by atoms with Gasteiger partial charge in [0.25, 0.3) is 0 Å². The Morgan fingerprint density at radius 3 is 2.44 bits per heavy atom. The Bertz CT molecular complexity index is 349. The van der Waals surface area contributed by atoms with Gasteiger partial charge >= 0.3 is 0 Å². The van der Waals surface area contributed by atoms with E-state index in [0.29, 0.717) is 0 Å². The maximum atomic E-state index is 4.59. The minimum absolute atomic E-state index is 0.863. The number of anilines is 2. The molecule has 1 aromatic heterocycles. The van der Waals surface area contributed by atoms with Crippen LogP contribution in [0.4, 0.5) is 11.6 Å². The summed E-state index contributed by atoms with van der Waals surface area (Å²) in [6.07, 6.45) is 1.98. The zero-order valence-electron chi connectivity index (χ0n) is 11.0. The van der Waals surface area contributed by atoms with Gasteiger partial charge in [-0.25, -0.2) is 9.97 Å². The molecule has 0 aliphatic heterocycles. The van der Waals surface area contributed by atoms with Crippen LogP contribution in [0.5, 0.6) is 0 Å². The van der Waals surface area contributed by atoms with Crippen LogP contribution in [0.15, 0.2) is 0 Å². The van der Waals surface area contributed by atoms with Gasteiger partial charge < -0.3 is 10.2 Å². The van der Waals surface area contributed by atoms with E-state index in [1.54, 1.807) is 0 Å². The number of nitrogens with zero attached hydrogens (tertiary/aromatic N) is 3. The average molecular weight is 222 g/mol. The maximum Gasteiger partial charge on any atom is 0.137 e. The summed E-state index contributed by atoms with van der Waals surface area (Å²) in [5.41, 5.74) is 1.12. The molecule has 0 saturated heterocycles. The third kappa shape index (κ3) is 2.62. The highest BCUT2D eigenvalue weighted by Crippen LogP contribution is 2.22. The second-order valence-corrected chi connectivity index (χ2v) is 3.96. The lowest BCUT2D eigenvalue weighted by Crippen LogP contribution is -2.21. The van der Waals surface area contributed by atoms with Gasteiger partial charge in [0.05, 0.1) is 0 Å². The van der Waals surface area contributed by atoms with Crippen LogP contribution in [0.2, 0.25) is 0 Å². The zero-order valence-corrected chi connectivity index (χ0v) is 11.0. The third-order valence-corrected chi connectivity index (χ3v) is 2.64. The number of aromatic nitrogens is 2. The van der Waals surface area contributed by atoms with Crippen LogP contribution in [0.1, 0.15) is 31.7 Å². The van der Waals surface area contributed by atoms with Crippen molar-refractivity contribution in [3.63, 3.8) is 0 Å².